The summed E-state index contributed by atoms with van der Waals surface area (Å²) in [6, 6.07) is 0. The second-order valence-electron chi connectivity index (χ2n) is 7.56. The van der Waals surface area contributed by atoms with E-state index in [2.05, 4.69) is 0 Å². The van der Waals surface area contributed by atoms with Crippen molar-refractivity contribution in [2.75, 3.05) is 13.1 Å². The lowest BCUT2D eigenvalue weighted by Crippen LogP contribution is -2.52. The number of carbonyl (C=O) groups excluding carboxylic acids is 1. The Morgan fingerprint density at radius 3 is 2.18 bits per heavy atom. The molecule has 1 unspecified atom stereocenters. The molecule has 3 aliphatic rings. The van der Waals surface area contributed by atoms with E-state index >= 15 is 0 Å². The van der Waals surface area contributed by atoms with E-state index in [1.807, 2.05) is 4.90 Å². The van der Waals surface area contributed by atoms with Crippen LogP contribution in [0.3, 0.4) is 0 Å². The van der Waals surface area contributed by atoms with E-state index in [-0.39, 0.29) is 12.2 Å². The fraction of sp³-hybridized carbons (Fsp3) is 0.944. The van der Waals surface area contributed by atoms with E-state index in [4.69, 9.17) is 4.74 Å². The van der Waals surface area contributed by atoms with Crippen LogP contribution in [0.5, 0.6) is 0 Å². The monoisotopic (exact) mass is 309 g/mol. The van der Waals surface area contributed by atoms with Crippen molar-refractivity contribution in [3.05, 3.63) is 0 Å². The number of hydrogen-bond donors (Lipinski definition) is 1. The summed E-state index contributed by atoms with van der Waals surface area (Å²) in [4.78, 5) is 14.3. The first-order valence-electron chi connectivity index (χ1n) is 9.37. The van der Waals surface area contributed by atoms with Gasteiger partial charge in [0.2, 0.25) is 0 Å². The summed E-state index contributed by atoms with van der Waals surface area (Å²) in [6.45, 7) is 1.63. The van der Waals surface area contributed by atoms with E-state index in [9.17, 15) is 9.90 Å². The molecule has 1 heterocycles. The average Bonchev–Trinajstić information content (AvgIpc) is 3.08. The molecule has 0 aromatic rings. The summed E-state index contributed by atoms with van der Waals surface area (Å²) in [6.07, 6.45) is 12.5. The van der Waals surface area contributed by atoms with Gasteiger partial charge in [-0.15, -0.1) is 0 Å². The van der Waals surface area contributed by atoms with Crippen molar-refractivity contribution in [1.82, 2.24) is 4.90 Å². The van der Waals surface area contributed by atoms with Crippen LogP contribution in [0.15, 0.2) is 0 Å². The molecule has 2 saturated carbocycles. The molecule has 1 saturated heterocycles. The van der Waals surface area contributed by atoms with Crippen LogP contribution >= 0.6 is 0 Å². The predicted molar refractivity (Wildman–Crippen MR) is 85.7 cm³/mol. The quantitative estimate of drug-likeness (QED) is 0.861. The zero-order valence-electron chi connectivity index (χ0n) is 13.8. The number of amides is 1. The number of ether oxygens (including phenoxy) is 1. The van der Waals surface area contributed by atoms with Gasteiger partial charge < -0.3 is 14.7 Å². The molecule has 3 rings (SSSR count). The highest BCUT2D eigenvalue weighted by Gasteiger charge is 2.45. The molecular weight excluding hydrogens is 278 g/mol. The van der Waals surface area contributed by atoms with Crippen molar-refractivity contribution in [2.24, 2.45) is 5.92 Å². The van der Waals surface area contributed by atoms with Gasteiger partial charge in [0.1, 0.15) is 11.7 Å². The first-order chi connectivity index (χ1) is 10.7. The highest BCUT2D eigenvalue weighted by Crippen LogP contribution is 2.40. The molecule has 0 bridgehead atoms. The van der Waals surface area contributed by atoms with E-state index in [1.165, 1.54) is 25.7 Å². The first kappa shape index (κ1) is 16.1. The smallest absolute Gasteiger partial charge is 0.410 e. The van der Waals surface area contributed by atoms with Crippen molar-refractivity contribution in [3.63, 3.8) is 0 Å². The van der Waals surface area contributed by atoms with Crippen molar-refractivity contribution >= 4 is 6.09 Å². The lowest BCUT2D eigenvalue weighted by molar-refractivity contribution is -0.131. The maximum Gasteiger partial charge on any atom is 0.410 e. The molecule has 0 spiro atoms. The Morgan fingerprint density at radius 2 is 1.55 bits per heavy atom. The Hall–Kier alpha value is -0.770. The van der Waals surface area contributed by atoms with Gasteiger partial charge in [-0.3, -0.25) is 0 Å². The van der Waals surface area contributed by atoms with Gasteiger partial charge in [-0.1, -0.05) is 38.5 Å². The van der Waals surface area contributed by atoms with Gasteiger partial charge in [-0.2, -0.15) is 0 Å². The molecule has 4 nitrogen and oxygen atoms in total. The second kappa shape index (κ2) is 7.20. The van der Waals surface area contributed by atoms with Crippen molar-refractivity contribution in [3.8, 4) is 0 Å². The molecule has 1 amide bonds. The standard InChI is InChI=1S/C18H31NO3/c20-17(19-13-7-8-14-19)22-16(15-9-3-1-4-10-15)18(21)11-5-2-6-12-18/h15-16,21H,1-14H2. The van der Waals surface area contributed by atoms with E-state index < -0.39 is 5.60 Å². The van der Waals surface area contributed by atoms with Crippen molar-refractivity contribution in [2.45, 2.75) is 88.8 Å². The average molecular weight is 309 g/mol. The van der Waals surface area contributed by atoms with Gasteiger partial charge in [-0.25, -0.2) is 4.79 Å². The highest BCUT2D eigenvalue weighted by atomic mass is 16.6. The van der Waals surface area contributed by atoms with Crippen LogP contribution in [0.25, 0.3) is 0 Å². The molecule has 0 aromatic heterocycles. The zero-order valence-corrected chi connectivity index (χ0v) is 13.8. The summed E-state index contributed by atoms with van der Waals surface area (Å²) >= 11 is 0. The van der Waals surface area contributed by atoms with Crippen molar-refractivity contribution < 1.29 is 14.6 Å². The van der Waals surface area contributed by atoms with Crippen LogP contribution in [0, 0.1) is 5.92 Å². The number of rotatable bonds is 3. The number of likely N-dealkylation sites (tertiary alicyclic amines) is 1. The van der Waals surface area contributed by atoms with Gasteiger partial charge in [-0.05, 0) is 44.4 Å². The molecular formula is C18H31NO3. The molecule has 3 fully saturated rings. The summed E-state index contributed by atoms with van der Waals surface area (Å²) in [5.41, 5.74) is -0.782. The lowest BCUT2D eigenvalue weighted by atomic mass is 9.72. The molecule has 0 radical (unpaired) electrons. The molecule has 1 aliphatic heterocycles. The number of nitrogens with zero attached hydrogens (tertiary/aromatic N) is 1. The van der Waals surface area contributed by atoms with E-state index in [0.29, 0.717) is 5.92 Å². The van der Waals surface area contributed by atoms with Crippen LogP contribution < -0.4 is 0 Å². The molecule has 1 atom stereocenters. The SMILES string of the molecule is O=C(OC(C1CCCCC1)C1(O)CCCCC1)N1CCCC1. The van der Waals surface area contributed by atoms with Crippen molar-refractivity contribution in [1.29, 1.82) is 0 Å². The molecule has 1 N–H and O–H groups in total. The second-order valence-corrected chi connectivity index (χ2v) is 7.56. The van der Waals surface area contributed by atoms with Crippen LogP contribution in [0.2, 0.25) is 0 Å². The zero-order chi connectivity index (χ0) is 15.4. The number of hydrogen-bond acceptors (Lipinski definition) is 3. The third-order valence-corrected chi connectivity index (χ3v) is 5.92. The Labute approximate surface area is 134 Å². The van der Waals surface area contributed by atoms with Gasteiger partial charge >= 0.3 is 6.09 Å². The van der Waals surface area contributed by atoms with Gasteiger partial charge in [0.15, 0.2) is 0 Å². The normalized spacial score (nSPS) is 27.6. The number of aliphatic hydroxyl groups is 1. The molecule has 4 heteroatoms. The van der Waals surface area contributed by atoms with Crippen LogP contribution in [0.1, 0.15) is 77.0 Å². The van der Waals surface area contributed by atoms with Crippen LogP contribution in [-0.2, 0) is 4.74 Å². The Kier molecular flexibility index (Phi) is 5.27. The van der Waals surface area contributed by atoms with Crippen LogP contribution in [-0.4, -0.2) is 40.9 Å². The topological polar surface area (TPSA) is 49.8 Å². The van der Waals surface area contributed by atoms with E-state index in [1.54, 1.807) is 0 Å². The van der Waals surface area contributed by atoms with Gasteiger partial charge in [0.25, 0.3) is 0 Å². The largest absolute Gasteiger partial charge is 0.443 e. The molecule has 126 valence electrons. The third kappa shape index (κ3) is 3.58. The summed E-state index contributed by atoms with van der Waals surface area (Å²) in [5, 5.41) is 11.2. The predicted octanol–water partition coefficient (Wildman–Crippen LogP) is 3.86. The molecule has 0 aromatic carbocycles. The lowest BCUT2D eigenvalue weighted by Gasteiger charge is -2.43. The van der Waals surface area contributed by atoms with Gasteiger partial charge in [0, 0.05) is 13.1 Å². The minimum absolute atomic E-state index is 0.188. The minimum Gasteiger partial charge on any atom is -0.443 e. The van der Waals surface area contributed by atoms with Gasteiger partial charge in [0.05, 0.1) is 0 Å². The molecule has 22 heavy (non-hydrogen) atoms. The first-order valence-corrected chi connectivity index (χ1v) is 9.37. The fourth-order valence-corrected chi connectivity index (χ4v) is 4.61. The molecule has 2 aliphatic carbocycles. The van der Waals surface area contributed by atoms with Crippen LogP contribution in [0.4, 0.5) is 4.79 Å². The minimum atomic E-state index is -0.782. The fourth-order valence-electron chi connectivity index (χ4n) is 4.61. The highest BCUT2D eigenvalue weighted by molar-refractivity contribution is 5.68. The maximum atomic E-state index is 12.5. The Balaban J connectivity index is 1.71. The third-order valence-electron chi connectivity index (χ3n) is 5.92. The Morgan fingerprint density at radius 1 is 0.955 bits per heavy atom. The summed E-state index contributed by atoms with van der Waals surface area (Å²) in [7, 11) is 0. The summed E-state index contributed by atoms with van der Waals surface area (Å²) in [5.74, 6) is 0.350. The maximum absolute atomic E-state index is 12.5. The Bertz CT molecular complexity index is 367. The van der Waals surface area contributed by atoms with E-state index in [0.717, 1.165) is 64.5 Å². The number of carbonyl (C=O) groups is 1. The summed E-state index contributed by atoms with van der Waals surface area (Å²) < 4.78 is 5.95.